The molecule has 3 N–H and O–H groups in total. The van der Waals surface area contributed by atoms with Crippen LogP contribution in [-0.2, 0) is 10.2 Å². The Hall–Kier alpha value is -0.170. The van der Waals surface area contributed by atoms with Crippen molar-refractivity contribution in [2.45, 2.75) is 37.8 Å². The molecule has 0 aromatic carbocycles. The first-order valence-electron chi connectivity index (χ1n) is 5.10. The minimum Gasteiger partial charge on any atom is -0.299 e. The van der Waals surface area contributed by atoms with Crippen LogP contribution in [0.15, 0.2) is 0 Å². The van der Waals surface area contributed by atoms with E-state index in [2.05, 4.69) is 9.62 Å². The second kappa shape index (κ2) is 3.77. The fourth-order valence-electron chi connectivity index (χ4n) is 2.60. The van der Waals surface area contributed by atoms with Crippen molar-refractivity contribution < 1.29 is 8.42 Å². The van der Waals surface area contributed by atoms with E-state index in [1.165, 1.54) is 12.8 Å². The van der Waals surface area contributed by atoms with E-state index in [0.29, 0.717) is 6.04 Å². The third kappa shape index (κ3) is 2.25. The Labute approximate surface area is 84.8 Å². The molecule has 0 saturated carbocycles. The van der Waals surface area contributed by atoms with Gasteiger partial charge < -0.3 is 0 Å². The van der Waals surface area contributed by atoms with Gasteiger partial charge in [-0.15, -0.1) is 0 Å². The molecular formula is C8H17N3O2S. The molecule has 0 aliphatic carbocycles. The normalized spacial score (nSPS) is 34.4. The standard InChI is InChI=1S/C8H17N3O2S/c9-14(12,13)10-7-4-6-11-5-2-1-3-8(7)11/h7-8,10H,1-6H2,(H2,9,12,13). The molecule has 0 radical (unpaired) electrons. The largest absolute Gasteiger partial charge is 0.299 e. The van der Waals surface area contributed by atoms with Crippen LogP contribution in [0.3, 0.4) is 0 Å². The highest BCUT2D eigenvalue weighted by Gasteiger charge is 2.36. The van der Waals surface area contributed by atoms with Crippen molar-refractivity contribution >= 4 is 10.2 Å². The van der Waals surface area contributed by atoms with Crippen molar-refractivity contribution in [3.63, 3.8) is 0 Å². The lowest BCUT2D eigenvalue weighted by Gasteiger charge is -2.32. The summed E-state index contributed by atoms with van der Waals surface area (Å²) < 4.78 is 24.3. The van der Waals surface area contributed by atoms with E-state index in [-0.39, 0.29) is 6.04 Å². The molecule has 2 heterocycles. The maximum absolute atomic E-state index is 10.9. The van der Waals surface area contributed by atoms with E-state index >= 15 is 0 Å². The average molecular weight is 219 g/mol. The summed E-state index contributed by atoms with van der Waals surface area (Å²) in [6.45, 7) is 2.10. The Bertz CT molecular complexity index is 304. The molecule has 0 aromatic rings. The van der Waals surface area contributed by atoms with Crippen LogP contribution >= 0.6 is 0 Å². The number of fused-ring (bicyclic) bond motifs is 1. The molecule has 82 valence electrons. The molecule has 5 nitrogen and oxygen atoms in total. The smallest absolute Gasteiger partial charge is 0.274 e. The van der Waals surface area contributed by atoms with Gasteiger partial charge in [-0.3, -0.25) is 4.90 Å². The molecule has 2 fully saturated rings. The zero-order valence-corrected chi connectivity index (χ0v) is 8.96. The van der Waals surface area contributed by atoms with Gasteiger partial charge in [0.25, 0.3) is 10.2 Å². The number of nitrogens with two attached hydrogens (primary N) is 1. The van der Waals surface area contributed by atoms with Crippen LogP contribution in [-0.4, -0.2) is 38.5 Å². The summed E-state index contributed by atoms with van der Waals surface area (Å²) in [6.07, 6.45) is 4.41. The zero-order chi connectivity index (χ0) is 10.2. The van der Waals surface area contributed by atoms with Crippen LogP contribution in [0.1, 0.15) is 25.7 Å². The van der Waals surface area contributed by atoms with Crippen LogP contribution in [0.4, 0.5) is 0 Å². The van der Waals surface area contributed by atoms with Crippen molar-refractivity contribution in [1.82, 2.24) is 9.62 Å². The molecule has 2 unspecified atom stereocenters. The SMILES string of the molecule is NS(=O)(=O)NC1CCN2CCCCC12. The second-order valence-electron chi connectivity index (χ2n) is 4.16. The summed E-state index contributed by atoms with van der Waals surface area (Å²) in [4.78, 5) is 2.37. The molecular weight excluding hydrogens is 202 g/mol. The predicted molar refractivity (Wildman–Crippen MR) is 53.9 cm³/mol. The lowest BCUT2D eigenvalue weighted by molar-refractivity contribution is 0.186. The first-order valence-corrected chi connectivity index (χ1v) is 6.65. The molecule has 0 bridgehead atoms. The van der Waals surface area contributed by atoms with Crippen molar-refractivity contribution in [1.29, 1.82) is 0 Å². The van der Waals surface area contributed by atoms with E-state index in [1.54, 1.807) is 0 Å². The maximum atomic E-state index is 10.9. The summed E-state index contributed by atoms with van der Waals surface area (Å²) in [5, 5.41) is 4.98. The Balaban J connectivity index is 2.01. The van der Waals surface area contributed by atoms with Crippen molar-refractivity contribution in [3.8, 4) is 0 Å². The Morgan fingerprint density at radius 2 is 2.00 bits per heavy atom. The summed E-state index contributed by atoms with van der Waals surface area (Å²) in [7, 11) is -3.53. The Morgan fingerprint density at radius 3 is 2.71 bits per heavy atom. The summed E-state index contributed by atoms with van der Waals surface area (Å²) >= 11 is 0. The summed E-state index contributed by atoms with van der Waals surface area (Å²) in [5.41, 5.74) is 0. The molecule has 2 atom stereocenters. The quantitative estimate of drug-likeness (QED) is 0.651. The number of nitrogens with zero attached hydrogens (tertiary/aromatic N) is 1. The monoisotopic (exact) mass is 219 g/mol. The van der Waals surface area contributed by atoms with Crippen molar-refractivity contribution in [2.24, 2.45) is 5.14 Å². The highest BCUT2D eigenvalue weighted by Crippen LogP contribution is 2.27. The van der Waals surface area contributed by atoms with E-state index in [0.717, 1.165) is 25.9 Å². The van der Waals surface area contributed by atoms with Gasteiger partial charge in [0.05, 0.1) is 0 Å². The van der Waals surface area contributed by atoms with E-state index < -0.39 is 10.2 Å². The zero-order valence-electron chi connectivity index (χ0n) is 8.15. The molecule has 2 aliphatic heterocycles. The van der Waals surface area contributed by atoms with Gasteiger partial charge in [0.1, 0.15) is 0 Å². The van der Waals surface area contributed by atoms with Crippen LogP contribution in [0.25, 0.3) is 0 Å². The van der Waals surface area contributed by atoms with E-state index in [4.69, 9.17) is 5.14 Å². The molecule has 6 heteroatoms. The molecule has 0 aromatic heterocycles. The van der Waals surface area contributed by atoms with Crippen LogP contribution < -0.4 is 9.86 Å². The van der Waals surface area contributed by atoms with Crippen LogP contribution in [0, 0.1) is 0 Å². The number of nitrogens with one attached hydrogen (secondary N) is 1. The Kier molecular flexibility index (Phi) is 2.79. The first-order chi connectivity index (χ1) is 6.56. The van der Waals surface area contributed by atoms with E-state index in [1.807, 2.05) is 0 Å². The molecule has 14 heavy (non-hydrogen) atoms. The minimum atomic E-state index is -3.53. The maximum Gasteiger partial charge on any atom is 0.274 e. The van der Waals surface area contributed by atoms with Gasteiger partial charge in [-0.05, 0) is 25.8 Å². The van der Waals surface area contributed by atoms with E-state index in [9.17, 15) is 8.42 Å². The predicted octanol–water partition coefficient (Wildman–Crippen LogP) is -0.594. The van der Waals surface area contributed by atoms with Crippen LogP contribution in [0.2, 0.25) is 0 Å². The summed E-state index contributed by atoms with van der Waals surface area (Å²) in [6, 6.07) is 0.410. The van der Waals surface area contributed by atoms with Gasteiger partial charge >= 0.3 is 0 Å². The Morgan fingerprint density at radius 1 is 1.21 bits per heavy atom. The fourth-order valence-corrected chi connectivity index (χ4v) is 3.29. The number of piperidine rings is 1. The number of rotatable bonds is 2. The van der Waals surface area contributed by atoms with Gasteiger partial charge in [-0.1, -0.05) is 6.42 Å². The highest BCUT2D eigenvalue weighted by molar-refractivity contribution is 7.87. The number of hydrogen-bond acceptors (Lipinski definition) is 3. The van der Waals surface area contributed by atoms with Gasteiger partial charge in [-0.25, -0.2) is 5.14 Å². The molecule has 2 aliphatic rings. The van der Waals surface area contributed by atoms with Gasteiger partial charge in [0.15, 0.2) is 0 Å². The van der Waals surface area contributed by atoms with Crippen LogP contribution in [0.5, 0.6) is 0 Å². The molecule has 2 saturated heterocycles. The average Bonchev–Trinajstić information content (AvgIpc) is 2.47. The topological polar surface area (TPSA) is 75.4 Å². The fraction of sp³-hybridized carbons (Fsp3) is 1.00. The highest BCUT2D eigenvalue weighted by atomic mass is 32.2. The molecule has 2 rings (SSSR count). The van der Waals surface area contributed by atoms with Gasteiger partial charge in [0.2, 0.25) is 0 Å². The third-order valence-electron chi connectivity index (χ3n) is 3.17. The lowest BCUT2D eigenvalue weighted by Crippen LogP contribution is -2.48. The third-order valence-corrected chi connectivity index (χ3v) is 3.80. The van der Waals surface area contributed by atoms with Gasteiger partial charge in [0, 0.05) is 18.6 Å². The van der Waals surface area contributed by atoms with Gasteiger partial charge in [-0.2, -0.15) is 13.1 Å². The first kappa shape index (κ1) is 10.4. The minimum absolute atomic E-state index is 0.0327. The second-order valence-corrected chi connectivity index (χ2v) is 5.48. The van der Waals surface area contributed by atoms with Crippen molar-refractivity contribution in [2.75, 3.05) is 13.1 Å². The van der Waals surface area contributed by atoms with Crippen molar-refractivity contribution in [3.05, 3.63) is 0 Å². The lowest BCUT2D eigenvalue weighted by atomic mass is 10.00. The molecule has 0 amide bonds. The summed E-state index contributed by atoms with van der Waals surface area (Å²) in [5.74, 6) is 0. The molecule has 0 spiro atoms. The number of hydrogen-bond donors (Lipinski definition) is 2.